The van der Waals surface area contributed by atoms with E-state index in [1.807, 2.05) is 13.0 Å². The van der Waals surface area contributed by atoms with Gasteiger partial charge in [0.1, 0.15) is 5.82 Å². The molecular formula is C9H16N4O. The first kappa shape index (κ1) is 10.7. The zero-order valence-corrected chi connectivity index (χ0v) is 8.58. The molecule has 3 N–H and O–H groups in total. The van der Waals surface area contributed by atoms with Crippen LogP contribution in [0.1, 0.15) is 12.1 Å². The van der Waals surface area contributed by atoms with Crippen molar-refractivity contribution in [3.63, 3.8) is 0 Å². The molecule has 0 spiro atoms. The number of rotatable bonds is 5. The second kappa shape index (κ2) is 5.39. The topological polar surface area (TPSA) is 73.1 Å². The maximum Gasteiger partial charge on any atom is 0.222 e. The van der Waals surface area contributed by atoms with Crippen molar-refractivity contribution < 1.29 is 4.74 Å². The molecular weight excluding hydrogens is 180 g/mol. The molecule has 1 aromatic heterocycles. The monoisotopic (exact) mass is 196 g/mol. The summed E-state index contributed by atoms with van der Waals surface area (Å²) < 4.78 is 4.93. The van der Waals surface area contributed by atoms with Crippen LogP contribution >= 0.6 is 0 Å². The predicted octanol–water partition coefficient (Wildman–Crippen LogP) is 0.816. The maximum atomic E-state index is 5.50. The van der Waals surface area contributed by atoms with Gasteiger partial charge in [-0.05, 0) is 13.3 Å². The first-order valence-electron chi connectivity index (χ1n) is 4.56. The van der Waals surface area contributed by atoms with Gasteiger partial charge < -0.3 is 15.8 Å². The van der Waals surface area contributed by atoms with E-state index in [1.54, 1.807) is 7.11 Å². The van der Waals surface area contributed by atoms with Gasteiger partial charge >= 0.3 is 0 Å². The molecule has 78 valence electrons. The van der Waals surface area contributed by atoms with E-state index in [1.165, 1.54) is 0 Å². The lowest BCUT2D eigenvalue weighted by Crippen LogP contribution is -2.08. The molecule has 0 aliphatic rings. The number of nitrogen functional groups attached to an aromatic ring is 1. The van der Waals surface area contributed by atoms with Crippen molar-refractivity contribution in [2.24, 2.45) is 0 Å². The summed E-state index contributed by atoms with van der Waals surface area (Å²) in [5.41, 5.74) is 6.37. The summed E-state index contributed by atoms with van der Waals surface area (Å²) in [5.74, 6) is 1.07. The van der Waals surface area contributed by atoms with Crippen molar-refractivity contribution in [1.29, 1.82) is 0 Å². The van der Waals surface area contributed by atoms with Crippen molar-refractivity contribution in [2.45, 2.75) is 13.3 Å². The Hall–Kier alpha value is -1.36. The van der Waals surface area contributed by atoms with Gasteiger partial charge in [0.05, 0.1) is 0 Å². The zero-order chi connectivity index (χ0) is 10.4. The lowest BCUT2D eigenvalue weighted by Gasteiger charge is -2.06. The smallest absolute Gasteiger partial charge is 0.222 e. The summed E-state index contributed by atoms with van der Waals surface area (Å²) in [5, 5.41) is 3.15. The molecule has 14 heavy (non-hydrogen) atoms. The van der Waals surface area contributed by atoms with Crippen molar-refractivity contribution in [3.05, 3.63) is 11.8 Å². The Morgan fingerprint density at radius 1 is 1.50 bits per heavy atom. The fraction of sp³-hybridized carbons (Fsp3) is 0.556. The third-order valence-corrected chi connectivity index (χ3v) is 1.70. The van der Waals surface area contributed by atoms with Gasteiger partial charge in [0.25, 0.3) is 0 Å². The second-order valence-electron chi connectivity index (χ2n) is 3.03. The highest BCUT2D eigenvalue weighted by Crippen LogP contribution is 2.06. The van der Waals surface area contributed by atoms with Gasteiger partial charge in [0.15, 0.2) is 0 Å². The van der Waals surface area contributed by atoms with Crippen LogP contribution in [0.5, 0.6) is 0 Å². The number of hydrogen-bond acceptors (Lipinski definition) is 5. The Kier molecular flexibility index (Phi) is 4.12. The molecule has 0 aliphatic heterocycles. The van der Waals surface area contributed by atoms with Gasteiger partial charge in [-0.2, -0.15) is 4.98 Å². The van der Waals surface area contributed by atoms with Gasteiger partial charge in [0.2, 0.25) is 5.95 Å². The zero-order valence-electron chi connectivity index (χ0n) is 8.58. The number of anilines is 2. The van der Waals surface area contributed by atoms with Crippen LogP contribution in [0.3, 0.4) is 0 Å². The van der Waals surface area contributed by atoms with Crippen molar-refractivity contribution in [1.82, 2.24) is 9.97 Å². The molecule has 0 bridgehead atoms. The van der Waals surface area contributed by atoms with E-state index in [0.29, 0.717) is 5.95 Å². The fourth-order valence-electron chi connectivity index (χ4n) is 1.12. The van der Waals surface area contributed by atoms with E-state index in [9.17, 15) is 0 Å². The molecule has 5 nitrogen and oxygen atoms in total. The molecule has 0 aromatic carbocycles. The van der Waals surface area contributed by atoms with Crippen molar-refractivity contribution in [3.8, 4) is 0 Å². The van der Waals surface area contributed by atoms with Gasteiger partial charge in [0, 0.05) is 32.0 Å². The maximum absolute atomic E-state index is 5.50. The number of ether oxygens (including phenoxy) is 1. The fourth-order valence-corrected chi connectivity index (χ4v) is 1.12. The third kappa shape index (κ3) is 3.57. The first-order chi connectivity index (χ1) is 6.72. The van der Waals surface area contributed by atoms with E-state index < -0.39 is 0 Å². The first-order valence-corrected chi connectivity index (χ1v) is 4.56. The third-order valence-electron chi connectivity index (χ3n) is 1.70. The molecule has 0 radical (unpaired) electrons. The van der Waals surface area contributed by atoms with Crippen molar-refractivity contribution >= 4 is 11.8 Å². The average Bonchev–Trinajstić information content (AvgIpc) is 2.11. The molecule has 0 fully saturated rings. The lowest BCUT2D eigenvalue weighted by atomic mass is 10.4. The number of nitrogens with one attached hydrogen (secondary N) is 1. The molecule has 0 atom stereocenters. The quantitative estimate of drug-likeness (QED) is 0.682. The number of hydrogen-bond donors (Lipinski definition) is 2. The SMILES string of the molecule is COCCCNc1cc(C)nc(N)n1. The predicted molar refractivity (Wildman–Crippen MR) is 56.2 cm³/mol. The Bertz CT molecular complexity index is 270. The van der Waals surface area contributed by atoms with E-state index in [-0.39, 0.29) is 0 Å². The number of nitrogens with two attached hydrogens (primary N) is 1. The number of aryl methyl sites for hydroxylation is 1. The van der Waals surface area contributed by atoms with Gasteiger partial charge in [-0.25, -0.2) is 4.98 Å². The van der Waals surface area contributed by atoms with Crippen LogP contribution in [-0.2, 0) is 4.74 Å². The van der Waals surface area contributed by atoms with Gasteiger partial charge in [-0.1, -0.05) is 0 Å². The molecule has 5 heteroatoms. The van der Waals surface area contributed by atoms with Crippen LogP contribution in [0, 0.1) is 6.92 Å². The van der Waals surface area contributed by atoms with E-state index >= 15 is 0 Å². The highest BCUT2D eigenvalue weighted by molar-refractivity contribution is 5.39. The summed E-state index contributed by atoms with van der Waals surface area (Å²) in [6.45, 7) is 3.45. The van der Waals surface area contributed by atoms with Crippen LogP contribution in [0.4, 0.5) is 11.8 Å². The Morgan fingerprint density at radius 3 is 2.93 bits per heavy atom. The Balaban J connectivity index is 2.42. The van der Waals surface area contributed by atoms with Crippen LogP contribution in [0.2, 0.25) is 0 Å². The Labute approximate surface area is 83.7 Å². The van der Waals surface area contributed by atoms with E-state index in [0.717, 1.165) is 31.1 Å². The molecule has 0 saturated carbocycles. The molecule has 0 unspecified atom stereocenters. The summed E-state index contributed by atoms with van der Waals surface area (Å²) in [6, 6.07) is 1.86. The minimum Gasteiger partial charge on any atom is -0.385 e. The average molecular weight is 196 g/mol. The number of nitrogens with zero attached hydrogens (tertiary/aromatic N) is 2. The minimum absolute atomic E-state index is 0.305. The second-order valence-corrected chi connectivity index (χ2v) is 3.03. The van der Waals surface area contributed by atoms with E-state index in [2.05, 4.69) is 15.3 Å². The van der Waals surface area contributed by atoms with Gasteiger partial charge in [-0.15, -0.1) is 0 Å². The summed E-state index contributed by atoms with van der Waals surface area (Å²) in [6.07, 6.45) is 0.944. The number of aromatic nitrogens is 2. The largest absolute Gasteiger partial charge is 0.385 e. The lowest BCUT2D eigenvalue weighted by molar-refractivity contribution is 0.198. The standard InChI is InChI=1S/C9H16N4O/c1-7-6-8(13-9(10)12-7)11-4-3-5-14-2/h6H,3-5H2,1-2H3,(H3,10,11,12,13). The highest BCUT2D eigenvalue weighted by atomic mass is 16.5. The van der Waals surface area contributed by atoms with Crippen LogP contribution in [0.25, 0.3) is 0 Å². The molecule has 0 aliphatic carbocycles. The Morgan fingerprint density at radius 2 is 2.29 bits per heavy atom. The van der Waals surface area contributed by atoms with Gasteiger partial charge in [-0.3, -0.25) is 0 Å². The molecule has 1 heterocycles. The van der Waals surface area contributed by atoms with Crippen LogP contribution in [-0.4, -0.2) is 30.2 Å². The molecule has 0 amide bonds. The molecule has 1 rings (SSSR count). The number of methoxy groups -OCH3 is 1. The summed E-state index contributed by atoms with van der Waals surface area (Å²) >= 11 is 0. The summed E-state index contributed by atoms with van der Waals surface area (Å²) in [7, 11) is 1.69. The minimum atomic E-state index is 0.305. The van der Waals surface area contributed by atoms with Crippen molar-refractivity contribution in [2.75, 3.05) is 31.3 Å². The van der Waals surface area contributed by atoms with Crippen LogP contribution < -0.4 is 11.1 Å². The normalized spacial score (nSPS) is 10.1. The molecule has 0 saturated heterocycles. The molecule has 1 aromatic rings. The summed E-state index contributed by atoms with van der Waals surface area (Å²) in [4.78, 5) is 8.03. The highest BCUT2D eigenvalue weighted by Gasteiger charge is 1.97. The van der Waals surface area contributed by atoms with E-state index in [4.69, 9.17) is 10.5 Å². The van der Waals surface area contributed by atoms with Crippen LogP contribution in [0.15, 0.2) is 6.07 Å².